The van der Waals surface area contributed by atoms with Crippen molar-refractivity contribution < 1.29 is 13.2 Å². The number of ether oxygens (including phenoxy) is 1. The van der Waals surface area contributed by atoms with Crippen LogP contribution in [-0.2, 0) is 10.0 Å². The molecule has 0 bridgehead atoms. The number of sulfonamides is 1. The molecule has 5 nitrogen and oxygen atoms in total. The van der Waals surface area contributed by atoms with Crippen LogP contribution in [0.3, 0.4) is 0 Å². The predicted molar refractivity (Wildman–Crippen MR) is 83.1 cm³/mol. The molecule has 1 N–H and O–H groups in total. The predicted octanol–water partition coefficient (Wildman–Crippen LogP) is 1.85. The van der Waals surface area contributed by atoms with Gasteiger partial charge in [0.1, 0.15) is 5.75 Å². The van der Waals surface area contributed by atoms with Gasteiger partial charge in [-0.15, -0.1) is 0 Å². The van der Waals surface area contributed by atoms with Gasteiger partial charge in [0.05, 0.1) is 11.5 Å². The third kappa shape index (κ3) is 3.75. The van der Waals surface area contributed by atoms with Gasteiger partial charge in [-0.25, -0.2) is 8.42 Å². The monoisotopic (exact) mass is 312 g/mol. The maximum absolute atomic E-state index is 12.8. The van der Waals surface area contributed by atoms with Crippen LogP contribution in [0.5, 0.6) is 5.75 Å². The first kappa shape index (κ1) is 16.3. The molecule has 1 aromatic rings. The summed E-state index contributed by atoms with van der Waals surface area (Å²) in [5.74, 6) is 0.695. The van der Waals surface area contributed by atoms with Crippen molar-refractivity contribution in [2.45, 2.75) is 37.6 Å². The third-order valence-electron chi connectivity index (χ3n) is 3.63. The van der Waals surface area contributed by atoms with E-state index in [0.717, 1.165) is 25.9 Å². The summed E-state index contributed by atoms with van der Waals surface area (Å²) in [7, 11) is -3.44. The van der Waals surface area contributed by atoms with Crippen LogP contribution in [-0.4, -0.2) is 45.0 Å². The van der Waals surface area contributed by atoms with E-state index in [1.165, 1.54) is 0 Å². The molecule has 0 amide bonds. The molecule has 0 aromatic heterocycles. The van der Waals surface area contributed by atoms with E-state index < -0.39 is 10.0 Å². The Hall–Kier alpha value is -1.11. The van der Waals surface area contributed by atoms with Gasteiger partial charge in [-0.3, -0.25) is 0 Å². The number of hydrogen-bond donors (Lipinski definition) is 1. The summed E-state index contributed by atoms with van der Waals surface area (Å²) in [5, 5.41) is 3.23. The Labute approximate surface area is 127 Å². The van der Waals surface area contributed by atoms with Crippen LogP contribution >= 0.6 is 0 Å². The minimum absolute atomic E-state index is 0.0570. The maximum Gasteiger partial charge on any atom is 0.243 e. The molecule has 1 aliphatic heterocycles. The quantitative estimate of drug-likeness (QED) is 0.835. The standard InChI is InChI=1S/C15H24N2O3S/c1-3-11-17(13-9-10-16-12-13)21(18,19)15-7-5-14(6-8-15)20-4-2/h5-8,13,16H,3-4,9-12H2,1-2H3. The average molecular weight is 312 g/mol. The number of rotatable bonds is 7. The zero-order valence-corrected chi connectivity index (χ0v) is 13.5. The van der Waals surface area contributed by atoms with Gasteiger partial charge >= 0.3 is 0 Å². The summed E-state index contributed by atoms with van der Waals surface area (Å²) < 4.78 is 32.7. The molecule has 1 saturated heterocycles. The van der Waals surface area contributed by atoms with Crippen LogP contribution in [0.1, 0.15) is 26.7 Å². The highest BCUT2D eigenvalue weighted by atomic mass is 32.2. The molecule has 1 fully saturated rings. The fourth-order valence-electron chi connectivity index (χ4n) is 2.61. The third-order valence-corrected chi connectivity index (χ3v) is 5.59. The van der Waals surface area contributed by atoms with Crippen molar-refractivity contribution in [2.75, 3.05) is 26.2 Å². The SMILES string of the molecule is CCCN(C1CCNC1)S(=O)(=O)c1ccc(OCC)cc1. The van der Waals surface area contributed by atoms with Gasteiger partial charge in [0, 0.05) is 19.1 Å². The van der Waals surface area contributed by atoms with Crippen LogP contribution in [0.2, 0.25) is 0 Å². The zero-order valence-electron chi connectivity index (χ0n) is 12.7. The highest BCUT2D eigenvalue weighted by Gasteiger charge is 2.32. The number of hydrogen-bond acceptors (Lipinski definition) is 4. The fourth-order valence-corrected chi connectivity index (χ4v) is 4.36. The summed E-state index contributed by atoms with van der Waals surface area (Å²) in [4.78, 5) is 0.339. The van der Waals surface area contributed by atoms with E-state index in [9.17, 15) is 8.42 Å². The van der Waals surface area contributed by atoms with Crippen molar-refractivity contribution in [3.63, 3.8) is 0 Å². The second-order valence-electron chi connectivity index (χ2n) is 5.17. The van der Waals surface area contributed by atoms with E-state index in [-0.39, 0.29) is 6.04 Å². The van der Waals surface area contributed by atoms with Crippen LogP contribution in [0, 0.1) is 0 Å². The van der Waals surface area contributed by atoms with Crippen LogP contribution < -0.4 is 10.1 Å². The number of nitrogens with one attached hydrogen (secondary N) is 1. The summed E-state index contributed by atoms with van der Waals surface area (Å²) in [6.45, 7) is 6.65. The molecule has 0 saturated carbocycles. The fraction of sp³-hybridized carbons (Fsp3) is 0.600. The highest BCUT2D eigenvalue weighted by molar-refractivity contribution is 7.89. The lowest BCUT2D eigenvalue weighted by Crippen LogP contribution is -2.41. The normalized spacial score (nSPS) is 19.1. The van der Waals surface area contributed by atoms with Gasteiger partial charge in [0.25, 0.3) is 0 Å². The molecule has 1 aliphatic rings. The Morgan fingerprint density at radius 2 is 2.00 bits per heavy atom. The molecule has 0 spiro atoms. The first-order valence-electron chi connectivity index (χ1n) is 7.55. The Kier molecular flexibility index (Phi) is 5.61. The van der Waals surface area contributed by atoms with E-state index in [1.54, 1.807) is 28.6 Å². The van der Waals surface area contributed by atoms with Crippen LogP contribution in [0.25, 0.3) is 0 Å². The lowest BCUT2D eigenvalue weighted by molar-refractivity contribution is 0.334. The second kappa shape index (κ2) is 7.24. The van der Waals surface area contributed by atoms with Crippen molar-refractivity contribution in [3.8, 4) is 5.75 Å². The van der Waals surface area contributed by atoms with Crippen molar-refractivity contribution in [1.82, 2.24) is 9.62 Å². The molecule has 0 aliphatic carbocycles. The van der Waals surface area contributed by atoms with Crippen LogP contribution in [0.4, 0.5) is 0 Å². The molecule has 2 rings (SSSR count). The number of benzene rings is 1. The van der Waals surface area contributed by atoms with Crippen molar-refractivity contribution in [3.05, 3.63) is 24.3 Å². The topological polar surface area (TPSA) is 58.6 Å². The summed E-state index contributed by atoms with van der Waals surface area (Å²) >= 11 is 0. The summed E-state index contributed by atoms with van der Waals surface area (Å²) in [5.41, 5.74) is 0. The van der Waals surface area contributed by atoms with Gasteiger partial charge in [-0.1, -0.05) is 6.92 Å². The molecule has 1 unspecified atom stereocenters. The molecular formula is C15H24N2O3S. The highest BCUT2D eigenvalue weighted by Crippen LogP contribution is 2.23. The second-order valence-corrected chi connectivity index (χ2v) is 7.06. The van der Waals surface area contributed by atoms with Gasteiger partial charge in [0.2, 0.25) is 10.0 Å². The maximum atomic E-state index is 12.8. The van der Waals surface area contributed by atoms with E-state index >= 15 is 0 Å². The molecule has 1 atom stereocenters. The lowest BCUT2D eigenvalue weighted by Gasteiger charge is -2.27. The van der Waals surface area contributed by atoms with Crippen molar-refractivity contribution in [2.24, 2.45) is 0 Å². The van der Waals surface area contributed by atoms with E-state index in [4.69, 9.17) is 4.74 Å². The molecule has 1 heterocycles. The van der Waals surface area contributed by atoms with Crippen molar-refractivity contribution >= 4 is 10.0 Å². The summed E-state index contributed by atoms with van der Waals surface area (Å²) in [6.07, 6.45) is 1.68. The molecule has 0 radical (unpaired) electrons. The average Bonchev–Trinajstić information content (AvgIpc) is 2.99. The Morgan fingerprint density at radius 3 is 2.52 bits per heavy atom. The Bertz CT molecular complexity index is 537. The lowest BCUT2D eigenvalue weighted by atomic mass is 10.2. The van der Waals surface area contributed by atoms with E-state index in [2.05, 4.69) is 5.32 Å². The van der Waals surface area contributed by atoms with Crippen molar-refractivity contribution in [1.29, 1.82) is 0 Å². The van der Waals surface area contributed by atoms with Gasteiger partial charge in [-0.05, 0) is 50.6 Å². The minimum Gasteiger partial charge on any atom is -0.494 e. The molecule has 6 heteroatoms. The Morgan fingerprint density at radius 1 is 1.29 bits per heavy atom. The Balaban J connectivity index is 2.24. The largest absolute Gasteiger partial charge is 0.494 e. The molecular weight excluding hydrogens is 288 g/mol. The van der Waals surface area contributed by atoms with E-state index in [1.807, 2.05) is 13.8 Å². The van der Waals surface area contributed by atoms with Gasteiger partial charge < -0.3 is 10.1 Å². The van der Waals surface area contributed by atoms with Gasteiger partial charge in [0.15, 0.2) is 0 Å². The summed E-state index contributed by atoms with van der Waals surface area (Å²) in [6, 6.07) is 6.75. The molecule has 118 valence electrons. The molecule has 21 heavy (non-hydrogen) atoms. The zero-order chi connectivity index (χ0) is 15.3. The first-order valence-corrected chi connectivity index (χ1v) is 8.99. The minimum atomic E-state index is -3.44. The molecule has 1 aromatic carbocycles. The smallest absolute Gasteiger partial charge is 0.243 e. The first-order chi connectivity index (χ1) is 10.1. The van der Waals surface area contributed by atoms with Crippen LogP contribution in [0.15, 0.2) is 29.2 Å². The number of nitrogens with zero attached hydrogens (tertiary/aromatic N) is 1. The van der Waals surface area contributed by atoms with E-state index in [0.29, 0.717) is 23.8 Å². The van der Waals surface area contributed by atoms with Gasteiger partial charge in [-0.2, -0.15) is 4.31 Å².